The summed E-state index contributed by atoms with van der Waals surface area (Å²) in [5.41, 5.74) is 8.08. The molecule has 1 rings (SSSR count). The summed E-state index contributed by atoms with van der Waals surface area (Å²) in [5, 5.41) is 3.52. The van der Waals surface area contributed by atoms with Crippen LogP contribution < -0.4 is 0 Å². The maximum atomic E-state index is 10.9. The van der Waals surface area contributed by atoms with Crippen LogP contribution in [-0.4, -0.2) is 18.6 Å². The number of hydrogen-bond acceptors (Lipinski definition) is 3. The van der Waals surface area contributed by atoms with Crippen LogP contribution in [0.1, 0.15) is 19.8 Å². The second-order valence-corrected chi connectivity index (χ2v) is 3.44. The van der Waals surface area contributed by atoms with Crippen molar-refractivity contribution in [1.82, 2.24) is 0 Å². The lowest BCUT2D eigenvalue weighted by Crippen LogP contribution is -2.14. The molecular weight excluding hydrogens is 182 g/mol. The Morgan fingerprint density at radius 1 is 1.93 bits per heavy atom. The van der Waals surface area contributed by atoms with Gasteiger partial charge in [0.25, 0.3) is 0 Å². The Kier molecular flexibility index (Phi) is 3.14. The van der Waals surface area contributed by atoms with Gasteiger partial charge in [0.15, 0.2) is 0 Å². The summed E-state index contributed by atoms with van der Waals surface area (Å²) < 4.78 is 5.07. The monoisotopic (exact) mass is 195 g/mol. The summed E-state index contributed by atoms with van der Waals surface area (Å²) >= 11 is 0. The van der Waals surface area contributed by atoms with Gasteiger partial charge in [0.05, 0.1) is 0 Å². The maximum absolute atomic E-state index is 10.9. The van der Waals surface area contributed by atoms with E-state index in [1.807, 2.05) is 6.92 Å². The van der Waals surface area contributed by atoms with Gasteiger partial charge in [0.1, 0.15) is 6.10 Å². The van der Waals surface area contributed by atoms with Crippen LogP contribution in [0.25, 0.3) is 10.4 Å². The van der Waals surface area contributed by atoms with Crippen molar-refractivity contribution in [2.45, 2.75) is 25.9 Å². The lowest BCUT2D eigenvalue weighted by atomic mass is 10.0. The molecule has 0 bridgehead atoms. The Bertz CT molecular complexity index is 296. The molecule has 14 heavy (non-hydrogen) atoms. The van der Waals surface area contributed by atoms with Crippen molar-refractivity contribution in [3.05, 3.63) is 23.1 Å². The van der Waals surface area contributed by atoms with E-state index in [-0.39, 0.29) is 11.5 Å². The van der Waals surface area contributed by atoms with Crippen LogP contribution in [0.4, 0.5) is 0 Å². The number of azide groups is 1. The van der Waals surface area contributed by atoms with E-state index in [1.54, 1.807) is 0 Å². The first-order valence-electron chi connectivity index (χ1n) is 4.52. The highest BCUT2D eigenvalue weighted by molar-refractivity contribution is 5.81. The van der Waals surface area contributed by atoms with Crippen LogP contribution in [0, 0.1) is 5.41 Å². The van der Waals surface area contributed by atoms with Gasteiger partial charge in [-0.25, -0.2) is 4.79 Å². The van der Waals surface area contributed by atoms with E-state index in [0.717, 1.165) is 18.9 Å². The topological polar surface area (TPSA) is 75.1 Å². The lowest BCUT2D eigenvalue weighted by Gasteiger charge is -2.10. The molecule has 0 aliphatic heterocycles. The van der Waals surface area contributed by atoms with E-state index in [1.165, 1.54) is 0 Å². The number of esters is 1. The zero-order valence-electron chi connectivity index (χ0n) is 8.14. The largest absolute Gasteiger partial charge is 0.459 e. The molecule has 1 aliphatic carbocycles. The summed E-state index contributed by atoms with van der Waals surface area (Å²) in [6.45, 7) is 5.71. The standard InChI is InChI=1S/C9H13N3O2/c1-3-8(13)14-7-5-9(7,4-2)6-11-12-10/h3,7H,1,4-6H2,2H3. The number of carbonyl (C=O) groups is 1. The summed E-state index contributed by atoms with van der Waals surface area (Å²) in [6, 6.07) is 0. The summed E-state index contributed by atoms with van der Waals surface area (Å²) in [5.74, 6) is -0.411. The molecule has 0 saturated heterocycles. The minimum Gasteiger partial charge on any atom is -0.459 e. The van der Waals surface area contributed by atoms with Crippen LogP contribution in [0.5, 0.6) is 0 Å². The highest BCUT2D eigenvalue weighted by atomic mass is 16.5. The van der Waals surface area contributed by atoms with Crippen molar-refractivity contribution < 1.29 is 9.53 Å². The van der Waals surface area contributed by atoms with Gasteiger partial charge in [-0.3, -0.25) is 0 Å². The molecule has 0 N–H and O–H groups in total. The molecule has 0 aromatic carbocycles. The minimum atomic E-state index is -0.411. The first-order valence-corrected chi connectivity index (χ1v) is 4.52. The maximum Gasteiger partial charge on any atom is 0.330 e. The van der Waals surface area contributed by atoms with E-state index >= 15 is 0 Å². The zero-order chi connectivity index (χ0) is 10.6. The summed E-state index contributed by atoms with van der Waals surface area (Å²) in [4.78, 5) is 13.6. The van der Waals surface area contributed by atoms with E-state index < -0.39 is 5.97 Å². The van der Waals surface area contributed by atoms with Gasteiger partial charge in [-0.1, -0.05) is 18.6 Å². The smallest absolute Gasteiger partial charge is 0.330 e. The van der Waals surface area contributed by atoms with Gasteiger partial charge in [-0.15, -0.1) is 0 Å². The molecule has 5 heteroatoms. The molecular formula is C9H13N3O2. The van der Waals surface area contributed by atoms with E-state index in [2.05, 4.69) is 16.6 Å². The molecule has 1 aliphatic rings. The molecule has 0 radical (unpaired) electrons. The third kappa shape index (κ3) is 2.06. The number of ether oxygens (including phenoxy) is 1. The van der Waals surface area contributed by atoms with Crippen molar-refractivity contribution in [2.75, 3.05) is 6.54 Å². The normalized spacial score (nSPS) is 28.8. The number of carbonyl (C=O) groups excluding carboxylic acids is 1. The molecule has 0 heterocycles. The Balaban J connectivity index is 2.49. The Morgan fingerprint density at radius 3 is 3.14 bits per heavy atom. The van der Waals surface area contributed by atoms with Gasteiger partial charge in [-0.05, 0) is 18.4 Å². The quantitative estimate of drug-likeness (QED) is 0.222. The van der Waals surface area contributed by atoms with Crippen LogP contribution in [-0.2, 0) is 9.53 Å². The van der Waals surface area contributed by atoms with Gasteiger partial charge in [-0.2, -0.15) is 0 Å². The van der Waals surface area contributed by atoms with E-state index in [4.69, 9.17) is 10.3 Å². The second kappa shape index (κ2) is 4.15. The third-order valence-electron chi connectivity index (χ3n) is 2.69. The molecule has 1 fully saturated rings. The van der Waals surface area contributed by atoms with Crippen LogP contribution in [0.3, 0.4) is 0 Å². The van der Waals surface area contributed by atoms with Crippen molar-refractivity contribution in [2.24, 2.45) is 10.5 Å². The number of rotatable bonds is 5. The van der Waals surface area contributed by atoms with Crippen LogP contribution >= 0.6 is 0 Å². The molecule has 0 amide bonds. The average Bonchev–Trinajstić information content (AvgIpc) is 2.89. The molecule has 2 unspecified atom stereocenters. The second-order valence-electron chi connectivity index (χ2n) is 3.44. The van der Waals surface area contributed by atoms with Crippen molar-refractivity contribution in [3.8, 4) is 0 Å². The molecule has 76 valence electrons. The summed E-state index contributed by atoms with van der Waals surface area (Å²) in [6.07, 6.45) is 2.67. The van der Waals surface area contributed by atoms with Crippen molar-refractivity contribution >= 4 is 5.97 Å². The Hall–Kier alpha value is -1.48. The van der Waals surface area contributed by atoms with Gasteiger partial charge >= 0.3 is 5.97 Å². The fourth-order valence-electron chi connectivity index (χ4n) is 1.49. The van der Waals surface area contributed by atoms with Gasteiger partial charge < -0.3 is 4.74 Å². The first kappa shape index (κ1) is 10.6. The number of hydrogen-bond donors (Lipinski definition) is 0. The lowest BCUT2D eigenvalue weighted by molar-refractivity contribution is -0.140. The van der Waals surface area contributed by atoms with E-state index in [0.29, 0.717) is 6.54 Å². The Labute approximate surface area is 82.4 Å². The fourth-order valence-corrected chi connectivity index (χ4v) is 1.49. The molecule has 2 atom stereocenters. The zero-order valence-corrected chi connectivity index (χ0v) is 8.14. The molecule has 5 nitrogen and oxygen atoms in total. The molecule has 0 aromatic rings. The third-order valence-corrected chi connectivity index (χ3v) is 2.69. The van der Waals surface area contributed by atoms with Gasteiger partial charge in [0.2, 0.25) is 0 Å². The predicted octanol–water partition coefficient (Wildman–Crippen LogP) is 2.19. The highest BCUT2D eigenvalue weighted by Crippen LogP contribution is 2.51. The number of nitrogens with zero attached hydrogens (tertiary/aromatic N) is 3. The van der Waals surface area contributed by atoms with Crippen LogP contribution in [0.15, 0.2) is 17.8 Å². The molecule has 0 aromatic heterocycles. The van der Waals surface area contributed by atoms with Crippen LogP contribution in [0.2, 0.25) is 0 Å². The van der Waals surface area contributed by atoms with E-state index in [9.17, 15) is 4.79 Å². The highest BCUT2D eigenvalue weighted by Gasteiger charge is 2.54. The van der Waals surface area contributed by atoms with Crippen molar-refractivity contribution in [3.63, 3.8) is 0 Å². The Morgan fingerprint density at radius 2 is 2.64 bits per heavy atom. The van der Waals surface area contributed by atoms with Crippen molar-refractivity contribution in [1.29, 1.82) is 0 Å². The molecule has 0 spiro atoms. The average molecular weight is 195 g/mol. The van der Waals surface area contributed by atoms with Gasteiger partial charge in [0, 0.05) is 22.9 Å². The SMILES string of the molecule is C=CC(=O)OC1CC1(CC)CN=[N+]=[N-]. The minimum absolute atomic E-state index is 0.108. The fraction of sp³-hybridized carbons (Fsp3) is 0.667. The first-order chi connectivity index (χ1) is 6.68. The predicted molar refractivity (Wildman–Crippen MR) is 51.4 cm³/mol. The summed E-state index contributed by atoms with van der Waals surface area (Å²) in [7, 11) is 0. The molecule has 1 saturated carbocycles.